The van der Waals surface area contributed by atoms with Gasteiger partial charge >= 0.3 is 0 Å². The van der Waals surface area contributed by atoms with E-state index in [1.807, 2.05) is 42.5 Å². The lowest BCUT2D eigenvalue weighted by atomic mass is 10.3. The second-order valence-electron chi connectivity index (χ2n) is 4.32. The van der Waals surface area contributed by atoms with Gasteiger partial charge in [0, 0.05) is 5.02 Å². The van der Waals surface area contributed by atoms with Crippen molar-refractivity contribution in [3.8, 4) is 11.5 Å². The number of para-hydroxylation sites is 1. The maximum Gasteiger partial charge on any atom is 0.177 e. The van der Waals surface area contributed by atoms with Crippen LogP contribution in [0.25, 0.3) is 0 Å². The van der Waals surface area contributed by atoms with Crippen LogP contribution >= 0.6 is 11.6 Å². The quantitative estimate of drug-likeness (QED) is 0.351. The van der Waals surface area contributed by atoms with Crippen LogP contribution in [0.3, 0.4) is 0 Å². The van der Waals surface area contributed by atoms with E-state index in [4.69, 9.17) is 31.6 Å². The number of rotatable bonds is 8. The lowest BCUT2D eigenvalue weighted by Crippen LogP contribution is -2.21. The number of nitrogens with zero attached hydrogens (tertiary/aromatic N) is 1. The fourth-order valence-corrected chi connectivity index (χ4v) is 1.76. The highest BCUT2D eigenvalue weighted by Gasteiger charge is 1.97. The summed E-state index contributed by atoms with van der Waals surface area (Å²) >= 11 is 5.85. The first-order valence-corrected chi connectivity index (χ1v) is 7.12. The molecule has 5 nitrogen and oxygen atoms in total. The minimum Gasteiger partial charge on any atom is -0.490 e. The van der Waals surface area contributed by atoms with Crippen molar-refractivity contribution in [1.29, 1.82) is 0 Å². The van der Waals surface area contributed by atoms with Gasteiger partial charge in [-0.3, -0.25) is 0 Å². The minimum atomic E-state index is 0.166. The van der Waals surface area contributed by atoms with E-state index < -0.39 is 0 Å². The molecule has 0 saturated carbocycles. The Bertz CT molecular complexity index is 605. The minimum absolute atomic E-state index is 0.166. The number of ether oxygens (including phenoxy) is 2. The summed E-state index contributed by atoms with van der Waals surface area (Å²) < 4.78 is 10.9. The summed E-state index contributed by atoms with van der Waals surface area (Å²) in [6.45, 7) is 0.786. The molecule has 0 spiro atoms. The molecule has 0 heterocycles. The Balaban J connectivity index is 1.62. The molecule has 2 rings (SSSR count). The zero-order valence-corrected chi connectivity index (χ0v) is 12.7. The van der Waals surface area contributed by atoms with Crippen molar-refractivity contribution in [2.24, 2.45) is 10.9 Å². The number of nitrogens with two attached hydrogens (primary N) is 1. The number of hydrogen-bond acceptors (Lipinski definition) is 4. The second kappa shape index (κ2) is 8.79. The van der Waals surface area contributed by atoms with Gasteiger partial charge in [0.15, 0.2) is 12.4 Å². The van der Waals surface area contributed by atoms with Crippen LogP contribution < -0.4 is 15.2 Å². The van der Waals surface area contributed by atoms with Crippen molar-refractivity contribution in [2.45, 2.75) is 0 Å². The Morgan fingerprint density at radius 2 is 1.73 bits per heavy atom. The first-order chi connectivity index (χ1) is 10.7. The number of halogens is 1. The molecule has 2 aromatic carbocycles. The maximum absolute atomic E-state index is 5.85. The Labute approximate surface area is 134 Å². The highest BCUT2D eigenvalue weighted by atomic mass is 35.5. The molecule has 0 amide bonds. The van der Waals surface area contributed by atoms with Gasteiger partial charge in [-0.05, 0) is 30.3 Å². The average molecular weight is 321 g/mol. The fourth-order valence-electron chi connectivity index (χ4n) is 1.58. The van der Waals surface area contributed by atoms with Gasteiger partial charge in [0.25, 0.3) is 0 Å². The molecule has 0 aromatic heterocycles. The molecule has 116 valence electrons. The molecule has 0 aliphatic carbocycles. The topological polar surface area (TPSA) is 66.1 Å². The first kappa shape index (κ1) is 16.0. The van der Waals surface area contributed by atoms with E-state index in [2.05, 4.69) is 5.16 Å². The predicted molar refractivity (Wildman–Crippen MR) is 86.5 cm³/mol. The van der Waals surface area contributed by atoms with Crippen molar-refractivity contribution >= 4 is 17.4 Å². The van der Waals surface area contributed by atoms with E-state index in [0.29, 0.717) is 17.4 Å². The number of benzene rings is 2. The summed E-state index contributed by atoms with van der Waals surface area (Å²) in [5.41, 5.74) is 5.68. The van der Waals surface area contributed by atoms with Gasteiger partial charge in [0.2, 0.25) is 0 Å². The summed E-state index contributed by atoms with van der Waals surface area (Å²) in [5, 5.41) is 4.38. The van der Waals surface area contributed by atoms with Gasteiger partial charge in [0.1, 0.15) is 24.7 Å². The van der Waals surface area contributed by atoms with Crippen molar-refractivity contribution < 1.29 is 14.3 Å². The molecule has 2 N–H and O–H groups in total. The van der Waals surface area contributed by atoms with Gasteiger partial charge in [0.05, 0.1) is 0 Å². The molecule has 0 aliphatic heterocycles. The van der Waals surface area contributed by atoms with E-state index in [-0.39, 0.29) is 19.0 Å². The van der Waals surface area contributed by atoms with Crippen LogP contribution in [-0.4, -0.2) is 25.7 Å². The van der Waals surface area contributed by atoms with Crippen LogP contribution in [0, 0.1) is 0 Å². The lowest BCUT2D eigenvalue weighted by Gasteiger charge is -2.07. The lowest BCUT2D eigenvalue weighted by molar-refractivity contribution is 0.105. The highest BCUT2D eigenvalue weighted by molar-refractivity contribution is 6.30. The number of oxime groups is 1. The molecule has 0 fully saturated rings. The molecule has 0 bridgehead atoms. The molecule has 22 heavy (non-hydrogen) atoms. The molecular formula is C16H17ClN2O3. The zero-order chi connectivity index (χ0) is 15.6. The first-order valence-electron chi connectivity index (χ1n) is 6.74. The van der Waals surface area contributed by atoms with E-state index in [1.54, 1.807) is 12.1 Å². The van der Waals surface area contributed by atoms with Gasteiger partial charge in [-0.1, -0.05) is 41.0 Å². The van der Waals surface area contributed by atoms with E-state index in [0.717, 1.165) is 5.75 Å². The number of hydrogen-bond donors (Lipinski definition) is 1. The van der Waals surface area contributed by atoms with E-state index >= 15 is 0 Å². The van der Waals surface area contributed by atoms with Gasteiger partial charge < -0.3 is 20.0 Å². The smallest absolute Gasteiger partial charge is 0.177 e. The molecule has 0 aliphatic rings. The molecular weight excluding hydrogens is 304 g/mol. The SMILES string of the molecule is NC(COc1ccccc1)=NOCCOc1cccc(Cl)c1. The van der Waals surface area contributed by atoms with E-state index in [1.165, 1.54) is 0 Å². The third kappa shape index (κ3) is 5.93. The van der Waals surface area contributed by atoms with Crippen LogP contribution in [0.2, 0.25) is 5.02 Å². The van der Waals surface area contributed by atoms with Crippen molar-refractivity contribution in [1.82, 2.24) is 0 Å². The zero-order valence-electron chi connectivity index (χ0n) is 11.9. The summed E-state index contributed by atoms with van der Waals surface area (Å²) in [5.74, 6) is 1.66. The Morgan fingerprint density at radius 1 is 0.955 bits per heavy atom. The molecule has 2 aromatic rings. The summed E-state index contributed by atoms with van der Waals surface area (Å²) in [6, 6.07) is 16.5. The second-order valence-corrected chi connectivity index (χ2v) is 4.76. The number of amidine groups is 1. The molecule has 6 heteroatoms. The van der Waals surface area contributed by atoms with Crippen LogP contribution in [0.4, 0.5) is 0 Å². The third-order valence-corrected chi connectivity index (χ3v) is 2.79. The predicted octanol–water partition coefficient (Wildman–Crippen LogP) is 3.09. The normalized spacial score (nSPS) is 11.0. The van der Waals surface area contributed by atoms with Crippen molar-refractivity contribution in [3.05, 3.63) is 59.6 Å². The van der Waals surface area contributed by atoms with Crippen LogP contribution in [0.15, 0.2) is 59.8 Å². The summed E-state index contributed by atoms with van der Waals surface area (Å²) in [6.07, 6.45) is 0. The van der Waals surface area contributed by atoms with Gasteiger partial charge in [-0.2, -0.15) is 0 Å². The summed E-state index contributed by atoms with van der Waals surface area (Å²) in [4.78, 5) is 5.06. The summed E-state index contributed by atoms with van der Waals surface area (Å²) in [7, 11) is 0. The molecule has 0 atom stereocenters. The van der Waals surface area contributed by atoms with Crippen molar-refractivity contribution in [3.63, 3.8) is 0 Å². The standard InChI is InChI=1S/C16H17ClN2O3/c17-13-5-4-8-15(11-13)20-9-10-22-19-16(18)12-21-14-6-2-1-3-7-14/h1-8,11H,9-10,12H2,(H2,18,19). The van der Waals surface area contributed by atoms with Gasteiger partial charge in [-0.15, -0.1) is 0 Å². The molecule has 0 saturated heterocycles. The van der Waals surface area contributed by atoms with Crippen molar-refractivity contribution in [2.75, 3.05) is 19.8 Å². The Morgan fingerprint density at radius 3 is 2.50 bits per heavy atom. The van der Waals surface area contributed by atoms with Crippen LogP contribution in [-0.2, 0) is 4.84 Å². The third-order valence-electron chi connectivity index (χ3n) is 2.55. The largest absolute Gasteiger partial charge is 0.490 e. The van der Waals surface area contributed by atoms with Crippen LogP contribution in [0.5, 0.6) is 11.5 Å². The van der Waals surface area contributed by atoms with E-state index in [9.17, 15) is 0 Å². The molecule has 0 unspecified atom stereocenters. The molecule has 0 radical (unpaired) electrons. The highest BCUT2D eigenvalue weighted by Crippen LogP contribution is 2.16. The van der Waals surface area contributed by atoms with Crippen LogP contribution in [0.1, 0.15) is 0 Å². The Kier molecular flexibility index (Phi) is 6.39. The maximum atomic E-state index is 5.85. The van der Waals surface area contributed by atoms with Gasteiger partial charge in [-0.25, -0.2) is 0 Å². The Hall–Kier alpha value is -2.40. The monoisotopic (exact) mass is 320 g/mol. The average Bonchev–Trinajstić information content (AvgIpc) is 2.54. The fraction of sp³-hybridized carbons (Fsp3) is 0.188.